The number of hydrogen-bond donors (Lipinski definition) is 0. The van der Waals surface area contributed by atoms with Crippen molar-refractivity contribution in [3.8, 4) is 6.07 Å². The molecule has 1 atom stereocenters. The van der Waals surface area contributed by atoms with Gasteiger partial charge in [-0.1, -0.05) is 44.2 Å². The van der Waals surface area contributed by atoms with Gasteiger partial charge >= 0.3 is 0 Å². The lowest BCUT2D eigenvalue weighted by Crippen LogP contribution is -2.38. The van der Waals surface area contributed by atoms with Gasteiger partial charge in [-0.25, -0.2) is 0 Å². The number of carbonyl (C=O) groups excluding carboxylic acids is 1. The number of nitrogens with zero attached hydrogens (tertiary/aromatic N) is 2. The molecule has 0 bridgehead atoms. The number of fused-ring (bicyclic) bond motifs is 2. The molecule has 2 heterocycles. The molecule has 0 spiro atoms. The molecule has 24 heavy (non-hydrogen) atoms. The molecule has 1 saturated heterocycles. The van der Waals surface area contributed by atoms with E-state index < -0.39 is 0 Å². The Bertz CT molecular complexity index is 814. The second kappa shape index (κ2) is 5.53. The number of Topliss-reactive ketones (excluding diaryl/α,β-unsaturated/α-hetero) is 1. The van der Waals surface area contributed by atoms with Crippen LogP contribution in [0.4, 0.5) is 0 Å². The minimum absolute atomic E-state index is 0.0142. The molecule has 3 nitrogen and oxygen atoms in total. The molecule has 0 radical (unpaired) electrons. The summed E-state index contributed by atoms with van der Waals surface area (Å²) in [6.45, 7) is 5.23. The zero-order chi connectivity index (χ0) is 16.9. The van der Waals surface area contributed by atoms with Crippen molar-refractivity contribution in [3.05, 3.63) is 57.8 Å². The van der Waals surface area contributed by atoms with Crippen LogP contribution in [0.2, 0.25) is 0 Å². The lowest BCUT2D eigenvalue weighted by molar-refractivity contribution is -0.118. The SMILES string of the molecule is CC1(C)CC(=O)C2=C(C1)N1CCSC1=C(C#N)[C@H]2c1ccccc1. The van der Waals surface area contributed by atoms with Gasteiger partial charge in [-0.15, -0.1) is 11.8 Å². The Morgan fingerprint density at radius 1 is 1.25 bits per heavy atom. The molecular formula is C20H20N2OS. The van der Waals surface area contributed by atoms with Gasteiger partial charge in [0.1, 0.15) is 0 Å². The first-order valence-electron chi connectivity index (χ1n) is 8.37. The molecule has 1 aromatic rings. The summed E-state index contributed by atoms with van der Waals surface area (Å²) in [5.41, 5.74) is 3.80. The summed E-state index contributed by atoms with van der Waals surface area (Å²) in [6.07, 6.45) is 1.46. The van der Waals surface area contributed by atoms with Gasteiger partial charge in [0.2, 0.25) is 0 Å². The Morgan fingerprint density at radius 3 is 2.71 bits per heavy atom. The lowest BCUT2D eigenvalue weighted by Gasteiger charge is -2.42. The van der Waals surface area contributed by atoms with E-state index in [1.807, 2.05) is 30.3 Å². The molecule has 1 aliphatic carbocycles. The largest absolute Gasteiger partial charge is 0.338 e. The van der Waals surface area contributed by atoms with Crippen molar-refractivity contribution in [2.24, 2.45) is 5.41 Å². The minimum Gasteiger partial charge on any atom is -0.338 e. The van der Waals surface area contributed by atoms with E-state index in [1.54, 1.807) is 11.8 Å². The van der Waals surface area contributed by atoms with Crippen LogP contribution in [0.15, 0.2) is 52.2 Å². The number of rotatable bonds is 1. The van der Waals surface area contributed by atoms with Crippen molar-refractivity contribution in [2.75, 3.05) is 12.3 Å². The summed E-state index contributed by atoms with van der Waals surface area (Å²) in [7, 11) is 0. The third-order valence-corrected chi connectivity index (χ3v) is 6.18. The fourth-order valence-corrected chi connectivity index (χ4v) is 5.27. The number of carbonyl (C=O) groups is 1. The van der Waals surface area contributed by atoms with Crippen molar-refractivity contribution < 1.29 is 4.79 Å². The zero-order valence-electron chi connectivity index (χ0n) is 14.0. The van der Waals surface area contributed by atoms with Crippen molar-refractivity contribution in [1.82, 2.24) is 4.90 Å². The van der Waals surface area contributed by atoms with Gasteiger partial charge < -0.3 is 4.90 Å². The summed E-state index contributed by atoms with van der Waals surface area (Å²) in [5, 5.41) is 10.9. The molecule has 0 amide bonds. The van der Waals surface area contributed by atoms with E-state index in [0.29, 0.717) is 6.42 Å². The molecule has 0 unspecified atom stereocenters. The minimum atomic E-state index is -0.202. The summed E-state index contributed by atoms with van der Waals surface area (Å²) >= 11 is 1.75. The maximum absolute atomic E-state index is 13.1. The Morgan fingerprint density at radius 2 is 2.00 bits per heavy atom. The fourth-order valence-electron chi connectivity index (χ4n) is 4.12. The number of allylic oxidation sites excluding steroid dienone is 3. The second-order valence-corrected chi connectivity index (χ2v) is 8.56. The highest BCUT2D eigenvalue weighted by atomic mass is 32.2. The van der Waals surface area contributed by atoms with Crippen LogP contribution in [0.1, 0.15) is 38.2 Å². The normalized spacial score (nSPS) is 25.5. The van der Waals surface area contributed by atoms with Gasteiger partial charge in [-0.3, -0.25) is 4.79 Å². The number of benzene rings is 1. The maximum Gasteiger partial charge on any atom is 0.162 e. The number of ketones is 1. The fraction of sp³-hybridized carbons (Fsp3) is 0.400. The zero-order valence-corrected chi connectivity index (χ0v) is 14.8. The van der Waals surface area contributed by atoms with Crippen LogP contribution in [0.5, 0.6) is 0 Å². The molecule has 4 rings (SSSR count). The predicted octanol–water partition coefficient (Wildman–Crippen LogP) is 4.21. The summed E-state index contributed by atoms with van der Waals surface area (Å²) in [5.74, 6) is 0.985. The Balaban J connectivity index is 1.95. The van der Waals surface area contributed by atoms with Gasteiger partial charge in [0.25, 0.3) is 0 Å². The molecule has 122 valence electrons. The summed E-state index contributed by atoms with van der Waals surface area (Å²) in [6, 6.07) is 12.5. The van der Waals surface area contributed by atoms with Crippen LogP contribution in [-0.4, -0.2) is 23.0 Å². The highest BCUT2D eigenvalue weighted by molar-refractivity contribution is 8.03. The van der Waals surface area contributed by atoms with Gasteiger partial charge in [0.15, 0.2) is 5.78 Å². The topological polar surface area (TPSA) is 44.1 Å². The summed E-state index contributed by atoms with van der Waals surface area (Å²) < 4.78 is 0. The van der Waals surface area contributed by atoms with Gasteiger partial charge in [0.05, 0.1) is 22.6 Å². The molecule has 1 fully saturated rings. The predicted molar refractivity (Wildman–Crippen MR) is 96.0 cm³/mol. The van der Waals surface area contributed by atoms with E-state index in [2.05, 4.69) is 24.8 Å². The van der Waals surface area contributed by atoms with Crippen LogP contribution < -0.4 is 0 Å². The van der Waals surface area contributed by atoms with E-state index in [9.17, 15) is 10.1 Å². The molecule has 0 aromatic heterocycles. The second-order valence-electron chi connectivity index (χ2n) is 7.48. The molecular weight excluding hydrogens is 316 g/mol. The van der Waals surface area contributed by atoms with Crippen LogP contribution in [0.3, 0.4) is 0 Å². The maximum atomic E-state index is 13.1. The first-order valence-corrected chi connectivity index (χ1v) is 9.36. The quantitative estimate of drug-likeness (QED) is 0.770. The molecule has 3 aliphatic rings. The highest BCUT2D eigenvalue weighted by Gasteiger charge is 2.45. The van der Waals surface area contributed by atoms with E-state index in [0.717, 1.165) is 46.2 Å². The van der Waals surface area contributed by atoms with Crippen molar-refractivity contribution >= 4 is 17.5 Å². The third-order valence-electron chi connectivity index (χ3n) is 5.08. The van der Waals surface area contributed by atoms with E-state index >= 15 is 0 Å². The smallest absolute Gasteiger partial charge is 0.162 e. The van der Waals surface area contributed by atoms with Crippen molar-refractivity contribution in [2.45, 2.75) is 32.6 Å². The van der Waals surface area contributed by atoms with Gasteiger partial charge in [-0.05, 0) is 17.4 Å². The van der Waals surface area contributed by atoms with Crippen molar-refractivity contribution in [1.29, 1.82) is 5.26 Å². The average molecular weight is 336 g/mol. The van der Waals surface area contributed by atoms with Gasteiger partial charge in [-0.2, -0.15) is 5.26 Å². The lowest BCUT2D eigenvalue weighted by atomic mass is 9.69. The standard InChI is InChI=1S/C20H20N2OS/c1-20(2)10-15-18(16(23)11-20)17(13-6-4-3-5-7-13)14(12-21)19-22(15)8-9-24-19/h3-7,17H,8-11H2,1-2H3/t17-/m1/s1. The van der Waals surface area contributed by atoms with Crippen LogP contribution in [-0.2, 0) is 4.79 Å². The van der Waals surface area contributed by atoms with E-state index in [-0.39, 0.29) is 17.1 Å². The molecule has 2 aliphatic heterocycles. The number of thioether (sulfide) groups is 1. The Labute approximate surface area is 147 Å². The Hall–Kier alpha value is -1.99. The molecule has 4 heteroatoms. The average Bonchev–Trinajstić information content (AvgIpc) is 3.03. The molecule has 0 saturated carbocycles. The first kappa shape index (κ1) is 15.5. The van der Waals surface area contributed by atoms with Crippen molar-refractivity contribution in [3.63, 3.8) is 0 Å². The van der Waals surface area contributed by atoms with Gasteiger partial charge in [0, 0.05) is 30.0 Å². The number of hydrogen-bond acceptors (Lipinski definition) is 4. The van der Waals surface area contributed by atoms with Crippen LogP contribution in [0, 0.1) is 16.7 Å². The van der Waals surface area contributed by atoms with Crippen LogP contribution >= 0.6 is 11.8 Å². The van der Waals surface area contributed by atoms with E-state index in [1.165, 1.54) is 0 Å². The summed E-state index contributed by atoms with van der Waals surface area (Å²) in [4.78, 5) is 15.3. The number of nitriles is 1. The van der Waals surface area contributed by atoms with E-state index in [4.69, 9.17) is 0 Å². The highest BCUT2D eigenvalue weighted by Crippen LogP contribution is 2.53. The third kappa shape index (κ3) is 2.31. The molecule has 1 aromatic carbocycles. The van der Waals surface area contributed by atoms with Crippen LogP contribution in [0.25, 0.3) is 0 Å². The monoisotopic (exact) mass is 336 g/mol. The molecule has 0 N–H and O–H groups in total. The first-order chi connectivity index (χ1) is 11.5. The Kier molecular flexibility index (Phi) is 3.58.